The molecule has 0 aliphatic carbocycles. The van der Waals surface area contributed by atoms with Crippen LogP contribution in [0.25, 0.3) is 6.08 Å². The second-order valence-electron chi connectivity index (χ2n) is 5.71. The fourth-order valence-corrected chi connectivity index (χ4v) is 4.12. The fourth-order valence-electron chi connectivity index (χ4n) is 2.34. The van der Waals surface area contributed by atoms with Crippen molar-refractivity contribution in [1.82, 2.24) is 4.98 Å². The molecule has 2 N–H and O–H groups in total. The number of sulfonamides is 1. The number of carbonyl (C=O) groups is 1. The van der Waals surface area contributed by atoms with Gasteiger partial charge in [-0.25, -0.2) is 13.4 Å². The normalized spacial score (nSPS) is 11.6. The molecule has 0 aliphatic heterocycles. The van der Waals surface area contributed by atoms with Crippen molar-refractivity contribution in [3.8, 4) is 5.75 Å². The molecule has 3 rings (SSSR count). The molecular formula is C19H15F2N3O4S2. The quantitative estimate of drug-likeness (QED) is 0.501. The summed E-state index contributed by atoms with van der Waals surface area (Å²) < 4.78 is 56.2. The van der Waals surface area contributed by atoms with Gasteiger partial charge in [-0.15, -0.1) is 11.3 Å². The Morgan fingerprint density at radius 1 is 1.13 bits per heavy atom. The van der Waals surface area contributed by atoms with E-state index in [1.54, 1.807) is 11.4 Å². The van der Waals surface area contributed by atoms with Crippen molar-refractivity contribution in [3.05, 3.63) is 71.7 Å². The van der Waals surface area contributed by atoms with Crippen LogP contribution in [0.1, 0.15) is 5.56 Å². The smallest absolute Gasteiger partial charge is 0.387 e. The summed E-state index contributed by atoms with van der Waals surface area (Å²) in [6.45, 7) is -2.98. The van der Waals surface area contributed by atoms with Gasteiger partial charge in [-0.2, -0.15) is 8.78 Å². The van der Waals surface area contributed by atoms with Crippen molar-refractivity contribution >= 4 is 44.2 Å². The van der Waals surface area contributed by atoms with Crippen LogP contribution in [0, 0.1) is 0 Å². The molecule has 0 saturated carbocycles. The van der Waals surface area contributed by atoms with Gasteiger partial charge >= 0.3 is 6.61 Å². The number of carbonyl (C=O) groups excluding carboxylic acids is 1. The lowest BCUT2D eigenvalue weighted by atomic mass is 10.2. The van der Waals surface area contributed by atoms with Crippen LogP contribution in [0.3, 0.4) is 0 Å². The number of benzene rings is 2. The number of alkyl halides is 2. The van der Waals surface area contributed by atoms with E-state index < -0.39 is 22.5 Å². The van der Waals surface area contributed by atoms with Crippen molar-refractivity contribution in [2.75, 3.05) is 10.0 Å². The van der Waals surface area contributed by atoms with Crippen molar-refractivity contribution in [2.45, 2.75) is 11.5 Å². The molecule has 0 fully saturated rings. The van der Waals surface area contributed by atoms with Gasteiger partial charge in [-0.1, -0.05) is 18.2 Å². The lowest BCUT2D eigenvalue weighted by Gasteiger charge is -2.08. The van der Waals surface area contributed by atoms with Crippen LogP contribution >= 0.6 is 11.3 Å². The molecule has 3 aromatic rings. The Labute approximate surface area is 175 Å². The highest BCUT2D eigenvalue weighted by Gasteiger charge is 2.15. The zero-order chi connectivity index (χ0) is 21.6. The Balaban J connectivity index is 1.64. The van der Waals surface area contributed by atoms with Gasteiger partial charge in [0.05, 0.1) is 4.90 Å². The summed E-state index contributed by atoms with van der Waals surface area (Å²) in [6, 6.07) is 11.6. The molecule has 11 heteroatoms. The first-order valence-electron chi connectivity index (χ1n) is 8.39. The second kappa shape index (κ2) is 9.46. The number of halogens is 2. The number of rotatable bonds is 8. The van der Waals surface area contributed by atoms with Crippen molar-refractivity contribution in [2.24, 2.45) is 0 Å². The van der Waals surface area contributed by atoms with Gasteiger partial charge in [0.25, 0.3) is 10.0 Å². The molecule has 1 amide bonds. The third kappa shape index (κ3) is 5.84. The van der Waals surface area contributed by atoms with Gasteiger partial charge in [-0.3, -0.25) is 9.52 Å². The summed E-state index contributed by atoms with van der Waals surface area (Å²) >= 11 is 1.15. The monoisotopic (exact) mass is 451 g/mol. The molecule has 1 aromatic heterocycles. The Bertz CT molecular complexity index is 1130. The largest absolute Gasteiger partial charge is 0.434 e. The molecule has 0 spiro atoms. The molecule has 156 valence electrons. The molecular weight excluding hydrogens is 436 g/mol. The Hall–Kier alpha value is -3.31. The maximum Gasteiger partial charge on any atom is 0.387 e. The third-order valence-electron chi connectivity index (χ3n) is 3.64. The van der Waals surface area contributed by atoms with Gasteiger partial charge in [-0.05, 0) is 36.4 Å². The van der Waals surface area contributed by atoms with Crippen molar-refractivity contribution in [3.63, 3.8) is 0 Å². The average molecular weight is 451 g/mol. The first kappa shape index (κ1) is 21.4. The lowest BCUT2D eigenvalue weighted by molar-refractivity contribution is -0.111. The van der Waals surface area contributed by atoms with Gasteiger partial charge < -0.3 is 10.1 Å². The summed E-state index contributed by atoms with van der Waals surface area (Å²) in [5, 5.41) is 4.44. The predicted molar refractivity (Wildman–Crippen MR) is 110 cm³/mol. The number of nitrogens with zero attached hydrogens (tertiary/aromatic N) is 1. The van der Waals surface area contributed by atoms with E-state index in [1.165, 1.54) is 54.7 Å². The molecule has 0 radical (unpaired) electrons. The van der Waals surface area contributed by atoms with Crippen LogP contribution in [0.15, 0.2) is 71.1 Å². The molecule has 0 saturated heterocycles. The van der Waals surface area contributed by atoms with E-state index in [1.807, 2.05) is 0 Å². The second-order valence-corrected chi connectivity index (χ2v) is 8.28. The van der Waals surface area contributed by atoms with Crippen LogP contribution < -0.4 is 14.8 Å². The van der Waals surface area contributed by atoms with Crippen molar-refractivity contribution in [1.29, 1.82) is 0 Å². The van der Waals surface area contributed by atoms with Crippen LogP contribution in [0.5, 0.6) is 5.75 Å². The number of aromatic nitrogens is 1. The molecule has 0 aliphatic rings. The average Bonchev–Trinajstić information content (AvgIpc) is 3.19. The molecule has 0 bridgehead atoms. The van der Waals surface area contributed by atoms with Crippen molar-refractivity contribution < 1.29 is 26.7 Å². The number of thiazole rings is 1. The fraction of sp³-hybridized carbons (Fsp3) is 0.0526. The predicted octanol–water partition coefficient (Wildman–Crippen LogP) is 4.20. The summed E-state index contributed by atoms with van der Waals surface area (Å²) in [6.07, 6.45) is 3.97. The van der Waals surface area contributed by atoms with E-state index in [2.05, 4.69) is 19.8 Å². The van der Waals surface area contributed by atoms with E-state index in [-0.39, 0.29) is 15.8 Å². The first-order chi connectivity index (χ1) is 14.3. The summed E-state index contributed by atoms with van der Waals surface area (Å²) in [4.78, 5) is 16.0. The maximum atomic E-state index is 12.4. The van der Waals surface area contributed by atoms with E-state index in [9.17, 15) is 22.0 Å². The number of para-hydroxylation sites is 1. The highest BCUT2D eigenvalue weighted by molar-refractivity contribution is 7.93. The highest BCUT2D eigenvalue weighted by Crippen LogP contribution is 2.22. The first-order valence-corrected chi connectivity index (χ1v) is 10.7. The maximum absolute atomic E-state index is 12.4. The van der Waals surface area contributed by atoms with Crippen LogP contribution in [-0.4, -0.2) is 25.9 Å². The lowest BCUT2D eigenvalue weighted by Crippen LogP contribution is -2.13. The van der Waals surface area contributed by atoms with E-state index >= 15 is 0 Å². The molecule has 2 aromatic carbocycles. The minimum Gasteiger partial charge on any atom is -0.434 e. The molecule has 7 nitrogen and oxygen atoms in total. The topological polar surface area (TPSA) is 97.4 Å². The van der Waals surface area contributed by atoms with Gasteiger partial charge in [0.1, 0.15) is 5.75 Å². The Morgan fingerprint density at radius 3 is 2.53 bits per heavy atom. The van der Waals surface area contributed by atoms with Gasteiger partial charge in [0.15, 0.2) is 5.13 Å². The third-order valence-corrected chi connectivity index (χ3v) is 5.81. The molecule has 30 heavy (non-hydrogen) atoms. The Kier molecular flexibility index (Phi) is 6.75. The van der Waals surface area contributed by atoms with Gasteiger partial charge in [0, 0.05) is 28.9 Å². The standard InChI is InChI=1S/C19H15F2N3O4S2/c20-18(21)28-16-4-2-1-3-13(16)5-10-17(25)23-14-6-8-15(9-7-14)30(26,27)24-19-22-11-12-29-19/h1-12,18H,(H,22,24)(H,23,25)/b10-5+. The zero-order valence-corrected chi connectivity index (χ0v) is 16.8. The summed E-state index contributed by atoms with van der Waals surface area (Å²) in [5.74, 6) is -0.586. The van der Waals surface area contributed by atoms with Gasteiger partial charge in [0.2, 0.25) is 5.91 Å². The SMILES string of the molecule is O=C(/C=C/c1ccccc1OC(F)F)Nc1ccc(S(=O)(=O)Nc2nccs2)cc1. The van der Waals surface area contributed by atoms with Crippen LogP contribution in [-0.2, 0) is 14.8 Å². The minimum absolute atomic E-state index is 0.00400. The number of hydrogen-bond donors (Lipinski definition) is 2. The van der Waals surface area contributed by atoms with E-state index in [0.29, 0.717) is 11.3 Å². The molecule has 0 atom stereocenters. The Morgan fingerprint density at radius 2 is 1.87 bits per heavy atom. The summed E-state index contributed by atoms with van der Waals surface area (Å²) in [7, 11) is -3.79. The molecule has 1 heterocycles. The molecule has 0 unspecified atom stereocenters. The van der Waals surface area contributed by atoms with Crippen LogP contribution in [0.4, 0.5) is 19.6 Å². The number of anilines is 2. The highest BCUT2D eigenvalue weighted by atomic mass is 32.2. The van der Waals surface area contributed by atoms with E-state index in [0.717, 1.165) is 17.4 Å². The number of nitrogens with one attached hydrogen (secondary N) is 2. The minimum atomic E-state index is -3.79. The number of hydrogen-bond acceptors (Lipinski definition) is 6. The van der Waals surface area contributed by atoms with E-state index in [4.69, 9.17) is 0 Å². The van der Waals surface area contributed by atoms with Crippen LogP contribution in [0.2, 0.25) is 0 Å². The summed E-state index contributed by atoms with van der Waals surface area (Å²) in [5.41, 5.74) is 0.664. The zero-order valence-electron chi connectivity index (χ0n) is 15.2. The number of amides is 1. The number of ether oxygens (including phenoxy) is 1.